The molecule has 0 saturated carbocycles. The molecule has 1 fully saturated rings. The molecule has 0 spiro atoms. The summed E-state index contributed by atoms with van der Waals surface area (Å²) in [6.07, 6.45) is 5.99. The molecule has 1 heterocycles. The van der Waals surface area contributed by atoms with Crippen molar-refractivity contribution in [3.8, 4) is 0 Å². The summed E-state index contributed by atoms with van der Waals surface area (Å²) in [5.74, 6) is 0.965. The Bertz CT molecular complexity index is 409. The fourth-order valence-corrected chi connectivity index (χ4v) is 3.31. The van der Waals surface area contributed by atoms with Gasteiger partial charge >= 0.3 is 0 Å². The number of rotatable bonds is 3. The minimum Gasteiger partial charge on any atom is -0.399 e. The maximum absolute atomic E-state index is 10.1. The van der Waals surface area contributed by atoms with Crippen LogP contribution in [0.2, 0.25) is 0 Å². The maximum Gasteiger partial charge on any atom is 0.142 e. The summed E-state index contributed by atoms with van der Waals surface area (Å²) >= 11 is 1.04. The second kappa shape index (κ2) is 7.68. The Morgan fingerprint density at radius 1 is 1.11 bits per heavy atom. The molecule has 1 aromatic rings. The normalized spacial score (nSPS) is 18.7. The lowest BCUT2D eigenvalue weighted by Gasteiger charge is -2.18. The van der Waals surface area contributed by atoms with Crippen molar-refractivity contribution in [3.63, 3.8) is 0 Å². The van der Waals surface area contributed by atoms with Crippen molar-refractivity contribution in [2.75, 3.05) is 24.6 Å². The molecule has 0 amide bonds. The summed E-state index contributed by atoms with van der Waals surface area (Å²) in [4.78, 5) is 2.15. The lowest BCUT2D eigenvalue weighted by molar-refractivity contribution is 0.354. The Balaban J connectivity index is 1.82. The molecule has 0 aliphatic carbocycles. The number of thiol groups is 1. The average Bonchev–Trinajstić information content (AvgIpc) is 2.70. The van der Waals surface area contributed by atoms with Gasteiger partial charge in [-0.05, 0) is 42.7 Å². The number of hydrogen-bond donors (Lipinski definition) is 3. The zero-order valence-corrected chi connectivity index (χ0v) is 12.3. The van der Waals surface area contributed by atoms with Gasteiger partial charge in [0.15, 0.2) is 0 Å². The van der Waals surface area contributed by atoms with Gasteiger partial charge in [-0.3, -0.25) is 4.90 Å². The molecule has 0 atom stereocenters. The van der Waals surface area contributed by atoms with Crippen LogP contribution in [0, 0.1) is 0 Å². The molecule has 0 unspecified atom stereocenters. The predicted octanol–water partition coefficient (Wildman–Crippen LogP) is 2.80. The van der Waals surface area contributed by atoms with Crippen molar-refractivity contribution in [2.45, 2.75) is 32.1 Å². The Morgan fingerprint density at radius 3 is 2.37 bits per heavy atom. The van der Waals surface area contributed by atoms with E-state index in [4.69, 9.17) is 5.73 Å². The minimum atomic E-state index is 0.553. The first-order chi connectivity index (χ1) is 9.25. The Hall–Kier alpha value is -0.840. The summed E-state index contributed by atoms with van der Waals surface area (Å²) in [5, 5.41) is 10.7. The van der Waals surface area contributed by atoms with Gasteiger partial charge in [-0.2, -0.15) is 11.4 Å². The van der Waals surface area contributed by atoms with Crippen LogP contribution in [0.1, 0.15) is 31.2 Å². The fourth-order valence-electron chi connectivity index (χ4n) is 2.34. The van der Waals surface area contributed by atoms with E-state index in [1.165, 1.54) is 31.2 Å². The van der Waals surface area contributed by atoms with Crippen molar-refractivity contribution in [1.82, 2.24) is 4.90 Å². The Kier molecular flexibility index (Phi) is 5.89. The van der Waals surface area contributed by atoms with Gasteiger partial charge < -0.3 is 10.8 Å². The number of hydrogen-bond acceptors (Lipinski definition) is 1. The number of nitrogens with zero attached hydrogens (tertiary/aromatic N) is 1. The SMILES string of the molecule is Nc1ccc(CC[SH]=C(O)N2CCCCCC2)cc1. The van der Waals surface area contributed by atoms with Gasteiger partial charge in [-0.1, -0.05) is 25.0 Å². The van der Waals surface area contributed by atoms with Crippen LogP contribution in [-0.4, -0.2) is 34.0 Å². The molecule has 1 aliphatic rings. The molecule has 0 radical (unpaired) electrons. The lowest BCUT2D eigenvalue weighted by atomic mass is 10.2. The quantitative estimate of drug-likeness (QED) is 0.453. The molecule has 0 aromatic heterocycles. The minimum absolute atomic E-state index is 0.553. The standard InChI is InChI=1S/C15H24N2OS/c16-14-7-5-13(6-8-14)9-12-19-15(18)17-10-3-1-2-4-11-17/h5-8,18-19H,1-4,9-12,16H2. The number of likely N-dealkylation sites (tertiary alicyclic amines) is 1. The summed E-state index contributed by atoms with van der Waals surface area (Å²) in [6, 6.07) is 8.00. The number of aliphatic hydroxyl groups is 1. The molecule has 2 rings (SSSR count). The summed E-state index contributed by atoms with van der Waals surface area (Å²) in [6.45, 7) is 2.03. The first kappa shape index (κ1) is 14.6. The summed E-state index contributed by atoms with van der Waals surface area (Å²) in [7, 11) is 0. The molecule has 106 valence electrons. The van der Waals surface area contributed by atoms with Crippen LogP contribution in [-0.2, 0) is 6.42 Å². The van der Waals surface area contributed by atoms with Crippen molar-refractivity contribution < 1.29 is 5.11 Å². The molecule has 1 aromatic carbocycles. The Labute approximate surface area is 119 Å². The van der Waals surface area contributed by atoms with Gasteiger partial charge in [0.25, 0.3) is 0 Å². The average molecular weight is 280 g/mol. The number of nitrogens with two attached hydrogens (primary N) is 1. The second-order valence-corrected chi connectivity index (χ2v) is 6.24. The smallest absolute Gasteiger partial charge is 0.142 e. The van der Waals surface area contributed by atoms with Crippen molar-refractivity contribution >= 4 is 22.2 Å². The van der Waals surface area contributed by atoms with E-state index in [9.17, 15) is 5.11 Å². The molecule has 19 heavy (non-hydrogen) atoms. The van der Waals surface area contributed by atoms with Gasteiger partial charge in [-0.15, -0.1) is 0 Å². The van der Waals surface area contributed by atoms with Crippen LogP contribution in [0.15, 0.2) is 24.3 Å². The molecule has 3 N–H and O–H groups in total. The molecule has 1 saturated heterocycles. The Morgan fingerprint density at radius 2 is 1.74 bits per heavy atom. The first-order valence-electron chi connectivity index (χ1n) is 7.08. The van der Waals surface area contributed by atoms with Crippen LogP contribution in [0.5, 0.6) is 0 Å². The van der Waals surface area contributed by atoms with Gasteiger partial charge in [-0.25, -0.2) is 0 Å². The molecule has 4 heteroatoms. The second-order valence-electron chi connectivity index (χ2n) is 5.07. The van der Waals surface area contributed by atoms with Crippen LogP contribution < -0.4 is 5.73 Å². The molecular weight excluding hydrogens is 256 g/mol. The highest BCUT2D eigenvalue weighted by Gasteiger charge is 2.11. The number of aliphatic hydroxyl groups excluding tert-OH is 1. The van der Waals surface area contributed by atoms with Crippen LogP contribution >= 0.6 is 11.4 Å². The predicted molar refractivity (Wildman–Crippen MR) is 86.1 cm³/mol. The highest BCUT2D eigenvalue weighted by molar-refractivity contribution is 7.98. The first-order valence-corrected chi connectivity index (χ1v) is 8.16. The summed E-state index contributed by atoms with van der Waals surface area (Å²) in [5.41, 5.74) is 7.75. The third-order valence-electron chi connectivity index (χ3n) is 3.52. The highest BCUT2D eigenvalue weighted by atomic mass is 32.1. The van der Waals surface area contributed by atoms with Crippen LogP contribution in [0.3, 0.4) is 0 Å². The van der Waals surface area contributed by atoms with E-state index < -0.39 is 0 Å². The van der Waals surface area contributed by atoms with E-state index in [1.54, 1.807) is 0 Å². The maximum atomic E-state index is 10.1. The number of aryl methyl sites for hydroxylation is 1. The number of benzene rings is 1. The van der Waals surface area contributed by atoms with E-state index in [-0.39, 0.29) is 0 Å². The van der Waals surface area contributed by atoms with Gasteiger partial charge in [0.1, 0.15) is 5.17 Å². The lowest BCUT2D eigenvalue weighted by Crippen LogP contribution is -2.30. The zero-order valence-electron chi connectivity index (χ0n) is 11.4. The van der Waals surface area contributed by atoms with E-state index in [0.717, 1.165) is 42.3 Å². The number of anilines is 1. The van der Waals surface area contributed by atoms with E-state index >= 15 is 0 Å². The fraction of sp³-hybridized carbons (Fsp3) is 0.533. The third-order valence-corrected chi connectivity index (χ3v) is 4.54. The largest absolute Gasteiger partial charge is 0.399 e. The molecule has 1 aliphatic heterocycles. The van der Waals surface area contributed by atoms with Crippen LogP contribution in [0.4, 0.5) is 5.69 Å². The molecule has 0 bridgehead atoms. The molecule has 3 nitrogen and oxygen atoms in total. The third kappa shape index (κ3) is 4.97. The monoisotopic (exact) mass is 280 g/mol. The summed E-state index contributed by atoms with van der Waals surface area (Å²) < 4.78 is 0. The van der Waals surface area contributed by atoms with Gasteiger partial charge in [0.05, 0.1) is 0 Å². The number of nitrogen functional groups attached to an aromatic ring is 1. The van der Waals surface area contributed by atoms with Crippen molar-refractivity contribution in [3.05, 3.63) is 29.8 Å². The van der Waals surface area contributed by atoms with Gasteiger partial charge in [0.2, 0.25) is 0 Å². The van der Waals surface area contributed by atoms with E-state index in [1.807, 2.05) is 12.1 Å². The molecular formula is C15H24N2OS. The van der Waals surface area contributed by atoms with Crippen molar-refractivity contribution in [2.24, 2.45) is 0 Å². The van der Waals surface area contributed by atoms with Gasteiger partial charge in [0, 0.05) is 18.8 Å². The topological polar surface area (TPSA) is 49.5 Å². The van der Waals surface area contributed by atoms with E-state index in [2.05, 4.69) is 17.0 Å². The van der Waals surface area contributed by atoms with E-state index in [0.29, 0.717) is 5.17 Å². The highest BCUT2D eigenvalue weighted by Crippen LogP contribution is 2.12. The van der Waals surface area contributed by atoms with Crippen molar-refractivity contribution in [1.29, 1.82) is 0 Å². The zero-order chi connectivity index (χ0) is 13.5. The van der Waals surface area contributed by atoms with Crippen LogP contribution in [0.25, 0.3) is 0 Å².